The fourth-order valence-electron chi connectivity index (χ4n) is 2.71. The fourth-order valence-corrected chi connectivity index (χ4v) is 5.65. The molecule has 1 saturated carbocycles. The minimum atomic E-state index is -0.262. The summed E-state index contributed by atoms with van der Waals surface area (Å²) < 4.78 is 12.0. The van der Waals surface area contributed by atoms with Crippen molar-refractivity contribution in [2.75, 3.05) is 6.79 Å². The van der Waals surface area contributed by atoms with Crippen LogP contribution in [0.5, 0.6) is 0 Å². The van der Waals surface area contributed by atoms with Crippen LogP contribution in [0.25, 0.3) is 0 Å². The van der Waals surface area contributed by atoms with E-state index in [1.54, 1.807) is 0 Å². The van der Waals surface area contributed by atoms with Crippen molar-refractivity contribution in [3.05, 3.63) is 30.3 Å². The third kappa shape index (κ3) is 2.20. The number of cyclic esters (lactones) is 1. The molecule has 1 aromatic rings. The first-order chi connectivity index (χ1) is 8.80. The van der Waals surface area contributed by atoms with Gasteiger partial charge in [0.05, 0.1) is 0 Å². The maximum absolute atomic E-state index is 11.9. The molecule has 18 heavy (non-hydrogen) atoms. The second-order valence-electron chi connectivity index (χ2n) is 4.75. The molecule has 3 nitrogen and oxygen atoms in total. The van der Waals surface area contributed by atoms with Crippen molar-refractivity contribution >= 4 is 25.4 Å². The summed E-state index contributed by atoms with van der Waals surface area (Å²) in [6.45, 7) is 0.129. The van der Waals surface area contributed by atoms with E-state index in [1.807, 2.05) is 18.2 Å². The van der Waals surface area contributed by atoms with Gasteiger partial charge in [0.15, 0.2) is 0 Å². The van der Waals surface area contributed by atoms with Gasteiger partial charge < -0.3 is 0 Å². The summed E-state index contributed by atoms with van der Waals surface area (Å²) in [5.74, 6) is -0.112. The van der Waals surface area contributed by atoms with Crippen molar-refractivity contribution in [2.24, 2.45) is 5.92 Å². The molecule has 1 aromatic carbocycles. The van der Waals surface area contributed by atoms with Gasteiger partial charge in [0, 0.05) is 0 Å². The Kier molecular flexibility index (Phi) is 3.42. The van der Waals surface area contributed by atoms with Gasteiger partial charge in [-0.05, 0) is 0 Å². The number of fused-ring (bicyclic) bond motifs is 1. The number of carbonyl (C=O) groups is 1. The molecule has 0 radical (unpaired) electrons. The van der Waals surface area contributed by atoms with Crippen molar-refractivity contribution in [3.8, 4) is 0 Å². The second kappa shape index (κ2) is 5.04. The summed E-state index contributed by atoms with van der Waals surface area (Å²) >= 11 is 0.165. The average Bonchev–Trinajstić information content (AvgIpc) is 2.40. The first kappa shape index (κ1) is 12.2. The van der Waals surface area contributed by atoms with Gasteiger partial charge >= 0.3 is 113 Å². The zero-order chi connectivity index (χ0) is 12.4. The Labute approximate surface area is 113 Å². The molecule has 2 aliphatic rings. The van der Waals surface area contributed by atoms with E-state index < -0.39 is 0 Å². The number of benzene rings is 1. The second-order valence-corrected chi connectivity index (χ2v) is 7.62. The van der Waals surface area contributed by atoms with Gasteiger partial charge in [-0.15, -0.1) is 0 Å². The SMILES string of the molecule is O=C1OCOC2([Se]c3ccccc3)CCCCC12. The molecule has 0 bridgehead atoms. The summed E-state index contributed by atoms with van der Waals surface area (Å²) in [5.41, 5.74) is 0. The Bertz CT molecular complexity index is 430. The zero-order valence-corrected chi connectivity index (χ0v) is 11.8. The van der Waals surface area contributed by atoms with Crippen LogP contribution in [0.1, 0.15) is 25.7 Å². The van der Waals surface area contributed by atoms with Crippen LogP contribution in [-0.4, -0.2) is 32.2 Å². The molecule has 1 aliphatic heterocycles. The third-order valence-electron chi connectivity index (χ3n) is 3.62. The van der Waals surface area contributed by atoms with Gasteiger partial charge in [-0.25, -0.2) is 0 Å². The summed E-state index contributed by atoms with van der Waals surface area (Å²) in [5, 5.41) is 0. The van der Waals surface area contributed by atoms with E-state index in [9.17, 15) is 4.79 Å². The normalized spacial score (nSPS) is 31.6. The summed E-state index contributed by atoms with van der Waals surface area (Å²) in [6.07, 6.45) is 4.16. The van der Waals surface area contributed by atoms with E-state index in [4.69, 9.17) is 9.47 Å². The van der Waals surface area contributed by atoms with E-state index in [2.05, 4.69) is 12.1 Å². The molecule has 0 aromatic heterocycles. The molecule has 3 rings (SSSR count). The monoisotopic (exact) mass is 312 g/mol. The molecule has 1 aliphatic carbocycles. The molecule has 2 unspecified atom stereocenters. The predicted octanol–water partition coefficient (Wildman–Crippen LogP) is 1.43. The molecule has 1 saturated heterocycles. The number of hydrogen-bond donors (Lipinski definition) is 0. The van der Waals surface area contributed by atoms with Crippen LogP contribution in [0.15, 0.2) is 30.3 Å². The van der Waals surface area contributed by atoms with Gasteiger partial charge in [-0.3, -0.25) is 0 Å². The average molecular weight is 311 g/mol. The topological polar surface area (TPSA) is 35.5 Å². The molecule has 96 valence electrons. The van der Waals surface area contributed by atoms with Crippen LogP contribution in [0.3, 0.4) is 0 Å². The van der Waals surface area contributed by atoms with Gasteiger partial charge in [0.1, 0.15) is 0 Å². The Morgan fingerprint density at radius 3 is 2.89 bits per heavy atom. The van der Waals surface area contributed by atoms with E-state index in [-0.39, 0.29) is 38.1 Å². The first-order valence-electron chi connectivity index (χ1n) is 6.35. The van der Waals surface area contributed by atoms with Crippen molar-refractivity contribution in [1.29, 1.82) is 0 Å². The Morgan fingerprint density at radius 1 is 1.22 bits per heavy atom. The summed E-state index contributed by atoms with van der Waals surface area (Å²) in [6, 6.07) is 10.4. The molecule has 0 N–H and O–H groups in total. The Hall–Kier alpha value is -0.831. The molecule has 4 heteroatoms. The molecule has 2 fully saturated rings. The molecular weight excluding hydrogens is 295 g/mol. The van der Waals surface area contributed by atoms with E-state index in [0.29, 0.717) is 0 Å². The van der Waals surface area contributed by atoms with Crippen molar-refractivity contribution < 1.29 is 14.3 Å². The molecular formula is C14H16O3Se. The summed E-state index contributed by atoms with van der Waals surface area (Å²) in [7, 11) is 0. The van der Waals surface area contributed by atoms with Crippen LogP contribution in [0, 0.1) is 5.92 Å². The zero-order valence-electron chi connectivity index (χ0n) is 10.1. The third-order valence-corrected chi connectivity index (χ3v) is 6.68. The fraction of sp³-hybridized carbons (Fsp3) is 0.500. The maximum atomic E-state index is 11.9. The van der Waals surface area contributed by atoms with Gasteiger partial charge in [-0.2, -0.15) is 0 Å². The molecule has 1 heterocycles. The number of ether oxygens (including phenoxy) is 2. The number of carbonyl (C=O) groups excluding carboxylic acids is 1. The van der Waals surface area contributed by atoms with Crippen LogP contribution >= 0.6 is 0 Å². The molecule has 2 atom stereocenters. The van der Waals surface area contributed by atoms with Crippen LogP contribution in [0.4, 0.5) is 0 Å². The quantitative estimate of drug-likeness (QED) is 0.612. The Balaban J connectivity index is 1.87. The first-order valence-corrected chi connectivity index (χ1v) is 8.06. The number of rotatable bonds is 2. The van der Waals surface area contributed by atoms with Gasteiger partial charge in [-0.1, -0.05) is 0 Å². The predicted molar refractivity (Wildman–Crippen MR) is 68.6 cm³/mol. The van der Waals surface area contributed by atoms with Crippen molar-refractivity contribution in [2.45, 2.75) is 30.2 Å². The molecule has 0 spiro atoms. The minimum absolute atomic E-state index is 0.0554. The van der Waals surface area contributed by atoms with Gasteiger partial charge in [0.25, 0.3) is 0 Å². The van der Waals surface area contributed by atoms with Crippen LogP contribution < -0.4 is 4.46 Å². The van der Waals surface area contributed by atoms with E-state index >= 15 is 0 Å². The summed E-state index contributed by atoms with van der Waals surface area (Å²) in [4.78, 5) is 11.9. The standard InChI is InChI=1S/C14H16O3Se/c15-13-12-8-4-5-9-14(12,17-10-16-13)18-11-6-2-1-3-7-11/h1-3,6-7,12H,4-5,8-10H2. The van der Waals surface area contributed by atoms with Crippen LogP contribution in [0.2, 0.25) is 0 Å². The van der Waals surface area contributed by atoms with Gasteiger partial charge in [0.2, 0.25) is 0 Å². The number of esters is 1. The van der Waals surface area contributed by atoms with Crippen molar-refractivity contribution in [1.82, 2.24) is 0 Å². The van der Waals surface area contributed by atoms with Crippen LogP contribution in [-0.2, 0) is 14.3 Å². The Morgan fingerprint density at radius 2 is 2.06 bits per heavy atom. The van der Waals surface area contributed by atoms with E-state index in [0.717, 1.165) is 25.7 Å². The van der Waals surface area contributed by atoms with E-state index in [1.165, 1.54) is 4.46 Å². The molecule has 0 amide bonds. The number of hydrogen-bond acceptors (Lipinski definition) is 3. The van der Waals surface area contributed by atoms with Crippen molar-refractivity contribution in [3.63, 3.8) is 0 Å².